The maximum Gasteiger partial charge on any atom is 2.00 e. The SMILES string of the molecule is C[N-]C.[Pd+2].[c-]1ccccc1-c1ccccc1. The van der Waals surface area contributed by atoms with Crippen molar-refractivity contribution in [2.24, 2.45) is 0 Å². The summed E-state index contributed by atoms with van der Waals surface area (Å²) in [6.45, 7) is 0. The summed E-state index contributed by atoms with van der Waals surface area (Å²) in [4.78, 5) is 0. The molecule has 0 fully saturated rings. The van der Waals surface area contributed by atoms with Gasteiger partial charge in [-0.05, 0) is 0 Å². The molecule has 1 nitrogen and oxygen atoms in total. The Kier molecular flexibility index (Phi) is 8.75. The van der Waals surface area contributed by atoms with Crippen molar-refractivity contribution in [3.63, 3.8) is 0 Å². The molecule has 0 radical (unpaired) electrons. The van der Waals surface area contributed by atoms with Gasteiger partial charge in [-0.1, -0.05) is 35.9 Å². The minimum Gasteiger partial charge on any atom is -0.668 e. The molecule has 0 atom stereocenters. The smallest absolute Gasteiger partial charge is 0.668 e. The van der Waals surface area contributed by atoms with E-state index in [1.165, 1.54) is 5.56 Å². The second kappa shape index (κ2) is 9.30. The monoisotopic (exact) mass is 303 g/mol. The number of hydrogen-bond acceptors (Lipinski definition) is 0. The van der Waals surface area contributed by atoms with Crippen LogP contribution in [0.2, 0.25) is 0 Å². The van der Waals surface area contributed by atoms with Crippen LogP contribution in [0.4, 0.5) is 0 Å². The zero-order valence-corrected chi connectivity index (χ0v) is 11.0. The maximum absolute atomic E-state index is 3.50. The summed E-state index contributed by atoms with van der Waals surface area (Å²) in [6, 6.07) is 21.5. The molecule has 86 valence electrons. The normalized spacial score (nSPS) is 8.38. The Bertz CT molecular complexity index is 322. The van der Waals surface area contributed by atoms with Crippen LogP contribution in [0.1, 0.15) is 0 Å². The van der Waals surface area contributed by atoms with Crippen LogP contribution >= 0.6 is 0 Å². The average Bonchev–Trinajstić information content (AvgIpc) is 2.32. The molecule has 0 spiro atoms. The summed E-state index contributed by atoms with van der Waals surface area (Å²) >= 11 is 0. The Balaban J connectivity index is 0.000000511. The zero-order chi connectivity index (χ0) is 10.9. The van der Waals surface area contributed by atoms with Crippen molar-refractivity contribution in [3.8, 4) is 11.1 Å². The predicted octanol–water partition coefficient (Wildman–Crippen LogP) is 3.77. The van der Waals surface area contributed by atoms with Crippen LogP contribution in [0, 0.1) is 6.07 Å². The fourth-order valence-corrected chi connectivity index (χ4v) is 1.19. The van der Waals surface area contributed by atoms with Crippen LogP contribution in [0.3, 0.4) is 0 Å². The summed E-state index contributed by atoms with van der Waals surface area (Å²) in [5, 5.41) is 3.50. The third-order valence-electron chi connectivity index (χ3n) is 1.79. The van der Waals surface area contributed by atoms with E-state index in [-0.39, 0.29) is 20.4 Å². The van der Waals surface area contributed by atoms with Gasteiger partial charge in [0.1, 0.15) is 0 Å². The van der Waals surface area contributed by atoms with E-state index in [4.69, 9.17) is 0 Å². The van der Waals surface area contributed by atoms with Gasteiger partial charge in [-0.2, -0.15) is 14.1 Å². The molecule has 0 amide bonds. The van der Waals surface area contributed by atoms with Crippen LogP contribution in [0.5, 0.6) is 0 Å². The molecule has 2 heteroatoms. The van der Waals surface area contributed by atoms with E-state index in [1.807, 2.05) is 36.4 Å². The Morgan fingerprint density at radius 1 is 0.875 bits per heavy atom. The molecule has 0 N–H and O–H groups in total. The molecule has 0 saturated heterocycles. The van der Waals surface area contributed by atoms with Crippen molar-refractivity contribution in [2.75, 3.05) is 14.1 Å². The fourth-order valence-electron chi connectivity index (χ4n) is 1.19. The number of nitrogens with zero attached hydrogens (tertiary/aromatic N) is 1. The van der Waals surface area contributed by atoms with Gasteiger partial charge in [0.2, 0.25) is 0 Å². The number of benzene rings is 2. The second-order valence-corrected chi connectivity index (χ2v) is 3.09. The molecule has 0 aromatic heterocycles. The van der Waals surface area contributed by atoms with Crippen LogP contribution in [0.25, 0.3) is 16.4 Å². The molecule has 0 unspecified atom stereocenters. The average molecular weight is 304 g/mol. The van der Waals surface area contributed by atoms with Crippen molar-refractivity contribution >= 4 is 0 Å². The van der Waals surface area contributed by atoms with E-state index in [0.29, 0.717) is 0 Å². The topological polar surface area (TPSA) is 14.1 Å². The summed E-state index contributed by atoms with van der Waals surface area (Å²) < 4.78 is 0. The first-order valence-corrected chi connectivity index (χ1v) is 4.88. The molecule has 0 heterocycles. The van der Waals surface area contributed by atoms with Gasteiger partial charge in [-0.25, -0.2) is 0 Å². The van der Waals surface area contributed by atoms with Crippen molar-refractivity contribution in [3.05, 3.63) is 66.0 Å². The predicted molar refractivity (Wildman–Crippen MR) is 65.9 cm³/mol. The van der Waals surface area contributed by atoms with Gasteiger partial charge >= 0.3 is 20.4 Å². The molecule has 2 aromatic rings. The number of rotatable bonds is 1. The second-order valence-electron chi connectivity index (χ2n) is 3.09. The van der Waals surface area contributed by atoms with E-state index >= 15 is 0 Å². The Hall–Kier alpha value is -0.938. The molecular weight excluding hydrogens is 289 g/mol. The third-order valence-corrected chi connectivity index (χ3v) is 1.79. The molecule has 0 saturated carbocycles. The van der Waals surface area contributed by atoms with Gasteiger partial charge in [0.15, 0.2) is 0 Å². The molecule has 0 aliphatic carbocycles. The molecule has 0 bridgehead atoms. The van der Waals surface area contributed by atoms with Gasteiger partial charge in [-0.3, -0.25) is 0 Å². The van der Waals surface area contributed by atoms with Crippen LogP contribution in [-0.4, -0.2) is 14.1 Å². The largest absolute Gasteiger partial charge is 2.00 e. The molecule has 0 aliphatic heterocycles. The van der Waals surface area contributed by atoms with Crippen LogP contribution in [0.15, 0.2) is 54.6 Å². The summed E-state index contributed by atoms with van der Waals surface area (Å²) in [5.74, 6) is 0. The quantitative estimate of drug-likeness (QED) is 0.562. The maximum atomic E-state index is 3.50. The fraction of sp³-hybridized carbons (Fsp3) is 0.143. The Labute approximate surface area is 112 Å². The van der Waals surface area contributed by atoms with Gasteiger partial charge in [0.25, 0.3) is 0 Å². The minimum atomic E-state index is 0. The van der Waals surface area contributed by atoms with Gasteiger partial charge < -0.3 is 5.32 Å². The van der Waals surface area contributed by atoms with Crippen molar-refractivity contribution in [1.29, 1.82) is 0 Å². The van der Waals surface area contributed by atoms with Gasteiger partial charge in [0.05, 0.1) is 0 Å². The molecule has 2 aromatic carbocycles. The first-order chi connectivity index (χ1) is 7.38. The van der Waals surface area contributed by atoms with Crippen LogP contribution < -0.4 is 0 Å². The van der Waals surface area contributed by atoms with Gasteiger partial charge in [0, 0.05) is 0 Å². The van der Waals surface area contributed by atoms with E-state index in [0.717, 1.165) is 5.56 Å². The van der Waals surface area contributed by atoms with E-state index < -0.39 is 0 Å². The van der Waals surface area contributed by atoms with E-state index in [9.17, 15) is 0 Å². The first kappa shape index (κ1) is 15.1. The molecular formula is C14H15NPd. The molecule has 2 rings (SSSR count). The Morgan fingerprint density at radius 2 is 1.44 bits per heavy atom. The summed E-state index contributed by atoms with van der Waals surface area (Å²) in [5.41, 5.74) is 2.37. The summed E-state index contributed by atoms with van der Waals surface area (Å²) in [7, 11) is 3.50. The minimum absolute atomic E-state index is 0. The Morgan fingerprint density at radius 3 is 1.94 bits per heavy atom. The van der Waals surface area contributed by atoms with Crippen molar-refractivity contribution in [2.45, 2.75) is 0 Å². The zero-order valence-electron chi connectivity index (χ0n) is 9.46. The van der Waals surface area contributed by atoms with E-state index in [2.05, 4.69) is 29.6 Å². The van der Waals surface area contributed by atoms with Gasteiger partial charge in [-0.15, -0.1) is 35.9 Å². The van der Waals surface area contributed by atoms with E-state index in [1.54, 1.807) is 14.1 Å². The standard InChI is InChI=1S/C12H9.C2H6N.Pd/c1-3-7-11(8-4-1)12-9-5-2-6-10-12;1-3-2;/h1-9H;1-2H3;/q2*-1;+2. The third kappa shape index (κ3) is 5.23. The molecule has 16 heavy (non-hydrogen) atoms. The number of hydrogen-bond donors (Lipinski definition) is 0. The first-order valence-electron chi connectivity index (χ1n) is 4.88. The summed E-state index contributed by atoms with van der Waals surface area (Å²) in [6.07, 6.45) is 0. The van der Waals surface area contributed by atoms with Crippen LogP contribution in [-0.2, 0) is 20.4 Å². The molecule has 0 aliphatic rings. The van der Waals surface area contributed by atoms with Crippen molar-refractivity contribution < 1.29 is 20.4 Å². The van der Waals surface area contributed by atoms with Crippen molar-refractivity contribution in [1.82, 2.24) is 0 Å².